The second-order valence-corrected chi connectivity index (χ2v) is 4.22. The summed E-state index contributed by atoms with van der Waals surface area (Å²) in [6.07, 6.45) is 0.836. The number of benzene rings is 1. The monoisotopic (exact) mass is 299 g/mol. The van der Waals surface area contributed by atoms with Crippen LogP contribution in [0.25, 0.3) is 0 Å². The lowest BCUT2D eigenvalue weighted by Crippen LogP contribution is -2.13. The number of para-hydroxylation sites is 1. The smallest absolute Gasteiger partial charge is 0.294 e. The van der Waals surface area contributed by atoms with Gasteiger partial charge < -0.3 is 19.6 Å². The van der Waals surface area contributed by atoms with Gasteiger partial charge in [-0.2, -0.15) is 0 Å². The lowest BCUT2D eigenvalue weighted by atomic mass is 10.1. The van der Waals surface area contributed by atoms with E-state index in [0.29, 0.717) is 32.0 Å². The van der Waals surface area contributed by atoms with Crippen molar-refractivity contribution in [2.24, 2.45) is 5.84 Å². The number of rotatable bonds is 11. The average molecular weight is 299 g/mol. The number of nitrogens with zero attached hydrogens (tertiary/aromatic N) is 1. The summed E-state index contributed by atoms with van der Waals surface area (Å²) >= 11 is 0. The van der Waals surface area contributed by atoms with Crippen molar-refractivity contribution in [2.75, 3.05) is 39.0 Å². The number of anilines is 1. The van der Waals surface area contributed by atoms with Gasteiger partial charge in [0.1, 0.15) is 5.69 Å². The molecule has 8 heteroatoms. The molecule has 0 aromatic heterocycles. The number of hydrogen-bond acceptors (Lipinski definition) is 7. The number of nitrogens with one attached hydrogen (secondary N) is 1. The molecule has 8 nitrogen and oxygen atoms in total. The van der Waals surface area contributed by atoms with Gasteiger partial charge in [0.2, 0.25) is 0 Å². The van der Waals surface area contributed by atoms with Gasteiger partial charge in [0, 0.05) is 32.0 Å². The summed E-state index contributed by atoms with van der Waals surface area (Å²) < 4.78 is 15.7. The van der Waals surface area contributed by atoms with E-state index in [0.717, 1.165) is 6.42 Å². The largest absolute Gasteiger partial charge is 0.385 e. The molecule has 1 aromatic rings. The summed E-state index contributed by atoms with van der Waals surface area (Å²) in [5.74, 6) is 5.34. The molecule has 0 spiro atoms. The number of hydrazine groups is 1. The Morgan fingerprint density at radius 2 is 2.00 bits per heavy atom. The molecular formula is C13H21N3O5. The standard InChI is InChI=1S/C13H21N3O5/c1-19-6-3-7-20-8-9-21-10-11-4-2-5-12(16(17)18)13(11)15-14/h2,4-5,15H,3,6-10,14H2,1H3. The Kier molecular flexibility index (Phi) is 8.29. The highest BCUT2D eigenvalue weighted by atomic mass is 16.6. The molecule has 0 aliphatic heterocycles. The van der Waals surface area contributed by atoms with Crippen LogP contribution in [0.5, 0.6) is 0 Å². The third kappa shape index (κ3) is 6.05. The fourth-order valence-corrected chi connectivity index (χ4v) is 1.73. The van der Waals surface area contributed by atoms with Crippen LogP contribution in [0.15, 0.2) is 18.2 Å². The summed E-state index contributed by atoms with van der Waals surface area (Å²) in [5.41, 5.74) is 3.18. The minimum atomic E-state index is -0.488. The van der Waals surface area contributed by atoms with E-state index in [1.165, 1.54) is 6.07 Å². The maximum absolute atomic E-state index is 10.9. The number of nitrogen functional groups attached to an aromatic ring is 1. The van der Waals surface area contributed by atoms with Crippen LogP contribution in [0.3, 0.4) is 0 Å². The molecule has 0 aliphatic rings. The van der Waals surface area contributed by atoms with Crippen molar-refractivity contribution >= 4 is 11.4 Å². The molecule has 0 aliphatic carbocycles. The SMILES string of the molecule is COCCCOCCOCc1cccc([N+](=O)[O-])c1NN. The summed E-state index contributed by atoms with van der Waals surface area (Å²) in [6.45, 7) is 2.37. The molecule has 1 aromatic carbocycles. The highest BCUT2D eigenvalue weighted by Gasteiger charge is 2.16. The zero-order valence-electron chi connectivity index (χ0n) is 12.0. The van der Waals surface area contributed by atoms with Crippen molar-refractivity contribution in [3.63, 3.8) is 0 Å². The molecule has 118 valence electrons. The first-order valence-corrected chi connectivity index (χ1v) is 6.58. The van der Waals surface area contributed by atoms with Crippen LogP contribution in [0, 0.1) is 10.1 Å². The van der Waals surface area contributed by atoms with E-state index in [9.17, 15) is 10.1 Å². The van der Waals surface area contributed by atoms with Gasteiger partial charge in [-0.3, -0.25) is 16.0 Å². The number of nitrogens with two attached hydrogens (primary N) is 1. The first-order chi connectivity index (χ1) is 10.2. The van der Waals surface area contributed by atoms with Crippen LogP contribution in [0.1, 0.15) is 12.0 Å². The van der Waals surface area contributed by atoms with E-state index < -0.39 is 4.92 Å². The minimum absolute atomic E-state index is 0.0746. The van der Waals surface area contributed by atoms with E-state index in [4.69, 9.17) is 20.1 Å². The highest BCUT2D eigenvalue weighted by molar-refractivity contribution is 5.65. The van der Waals surface area contributed by atoms with Crippen molar-refractivity contribution in [1.29, 1.82) is 0 Å². The van der Waals surface area contributed by atoms with Crippen molar-refractivity contribution in [3.05, 3.63) is 33.9 Å². The zero-order valence-corrected chi connectivity index (χ0v) is 12.0. The van der Waals surface area contributed by atoms with Crippen molar-refractivity contribution in [1.82, 2.24) is 0 Å². The maximum Gasteiger partial charge on any atom is 0.294 e. The van der Waals surface area contributed by atoms with Gasteiger partial charge in [-0.1, -0.05) is 12.1 Å². The molecule has 0 saturated heterocycles. The van der Waals surface area contributed by atoms with Crippen LogP contribution in [-0.4, -0.2) is 38.5 Å². The molecule has 1 rings (SSSR count). The van der Waals surface area contributed by atoms with Crippen LogP contribution in [-0.2, 0) is 20.8 Å². The molecule has 0 fully saturated rings. The van der Waals surface area contributed by atoms with E-state index >= 15 is 0 Å². The second-order valence-electron chi connectivity index (χ2n) is 4.22. The topological polar surface area (TPSA) is 109 Å². The molecule has 0 heterocycles. The van der Waals surface area contributed by atoms with Crippen LogP contribution >= 0.6 is 0 Å². The average Bonchev–Trinajstić information content (AvgIpc) is 2.49. The normalized spacial score (nSPS) is 10.6. The highest BCUT2D eigenvalue weighted by Crippen LogP contribution is 2.27. The van der Waals surface area contributed by atoms with Crippen molar-refractivity contribution < 1.29 is 19.1 Å². The van der Waals surface area contributed by atoms with Crippen LogP contribution in [0.4, 0.5) is 11.4 Å². The van der Waals surface area contributed by atoms with Gasteiger partial charge in [-0.05, 0) is 6.42 Å². The van der Waals surface area contributed by atoms with E-state index in [1.54, 1.807) is 19.2 Å². The zero-order chi connectivity index (χ0) is 15.5. The van der Waals surface area contributed by atoms with Crippen molar-refractivity contribution in [3.8, 4) is 0 Å². The summed E-state index contributed by atoms with van der Waals surface area (Å²) in [6, 6.07) is 4.71. The second kappa shape index (κ2) is 10.1. The lowest BCUT2D eigenvalue weighted by Gasteiger charge is -2.10. The molecule has 0 radical (unpaired) electrons. The van der Waals surface area contributed by atoms with Gasteiger partial charge in [-0.25, -0.2) is 0 Å². The quantitative estimate of drug-likeness (QED) is 0.275. The Hall–Kier alpha value is -1.74. The fraction of sp³-hybridized carbons (Fsp3) is 0.538. The van der Waals surface area contributed by atoms with E-state index in [-0.39, 0.29) is 18.0 Å². The van der Waals surface area contributed by atoms with E-state index in [1.807, 2.05) is 0 Å². The Bertz CT molecular complexity index is 442. The molecule has 0 bridgehead atoms. The van der Waals surface area contributed by atoms with Gasteiger partial charge in [0.15, 0.2) is 0 Å². The lowest BCUT2D eigenvalue weighted by molar-refractivity contribution is -0.384. The van der Waals surface area contributed by atoms with E-state index in [2.05, 4.69) is 5.43 Å². The van der Waals surface area contributed by atoms with Gasteiger partial charge >= 0.3 is 0 Å². The Balaban J connectivity index is 2.35. The first-order valence-electron chi connectivity index (χ1n) is 6.58. The number of methoxy groups -OCH3 is 1. The predicted molar refractivity (Wildman–Crippen MR) is 77.9 cm³/mol. The Labute approximate surface area is 123 Å². The van der Waals surface area contributed by atoms with Crippen molar-refractivity contribution in [2.45, 2.75) is 13.0 Å². The molecular weight excluding hydrogens is 278 g/mol. The van der Waals surface area contributed by atoms with Crippen LogP contribution in [0.2, 0.25) is 0 Å². The Morgan fingerprint density at radius 3 is 2.67 bits per heavy atom. The number of nitro benzene ring substituents is 1. The Morgan fingerprint density at radius 1 is 1.24 bits per heavy atom. The third-order valence-corrected chi connectivity index (χ3v) is 2.74. The molecule has 21 heavy (non-hydrogen) atoms. The van der Waals surface area contributed by atoms with Gasteiger partial charge in [-0.15, -0.1) is 0 Å². The number of ether oxygens (including phenoxy) is 3. The minimum Gasteiger partial charge on any atom is -0.385 e. The first kappa shape index (κ1) is 17.3. The third-order valence-electron chi connectivity index (χ3n) is 2.74. The molecule has 0 amide bonds. The summed E-state index contributed by atoms with van der Waals surface area (Å²) in [7, 11) is 1.64. The molecule has 3 N–H and O–H groups in total. The number of hydrogen-bond donors (Lipinski definition) is 2. The van der Waals surface area contributed by atoms with Gasteiger partial charge in [0.05, 0.1) is 24.7 Å². The summed E-state index contributed by atoms with van der Waals surface area (Å²) in [5, 5.41) is 10.9. The fourth-order valence-electron chi connectivity index (χ4n) is 1.73. The van der Waals surface area contributed by atoms with Gasteiger partial charge in [0.25, 0.3) is 5.69 Å². The molecule has 0 unspecified atom stereocenters. The van der Waals surface area contributed by atoms with Crippen LogP contribution < -0.4 is 11.3 Å². The maximum atomic E-state index is 10.9. The summed E-state index contributed by atoms with van der Waals surface area (Å²) in [4.78, 5) is 10.4. The number of nitro groups is 1. The molecule has 0 saturated carbocycles. The molecule has 0 atom stereocenters. The predicted octanol–water partition coefficient (Wildman–Crippen LogP) is 1.45.